The van der Waals surface area contributed by atoms with Crippen molar-refractivity contribution in [1.29, 1.82) is 0 Å². The first kappa shape index (κ1) is 23.0. The van der Waals surface area contributed by atoms with Crippen molar-refractivity contribution in [2.45, 2.75) is 58.4 Å². The summed E-state index contributed by atoms with van der Waals surface area (Å²) >= 11 is 6.14. The number of fused-ring (bicyclic) bond motifs is 1. The molecule has 1 fully saturated rings. The average molecular weight is 456 g/mol. The molecule has 2 aliphatic rings. The summed E-state index contributed by atoms with van der Waals surface area (Å²) in [5.41, 5.74) is 4.55. The molecule has 0 amide bonds. The summed E-state index contributed by atoms with van der Waals surface area (Å²) in [5, 5.41) is 4.35. The topological polar surface area (TPSA) is 53.5 Å². The molecule has 2 aliphatic heterocycles. The molecule has 0 radical (unpaired) electrons. The molecule has 1 saturated heterocycles. The minimum Gasteiger partial charge on any atom is -0.371 e. The zero-order valence-electron chi connectivity index (χ0n) is 19.5. The highest BCUT2D eigenvalue weighted by molar-refractivity contribution is 6.30. The molecule has 4 rings (SSSR count). The number of rotatable bonds is 7. The largest absolute Gasteiger partial charge is 0.371 e. The van der Waals surface area contributed by atoms with E-state index in [0.29, 0.717) is 18.7 Å². The van der Waals surface area contributed by atoms with Gasteiger partial charge in [-0.05, 0) is 31.5 Å². The lowest BCUT2D eigenvalue weighted by molar-refractivity contribution is 0.0787. The quantitative estimate of drug-likeness (QED) is 0.662. The first-order chi connectivity index (χ1) is 15.3. The van der Waals surface area contributed by atoms with Crippen LogP contribution in [0.5, 0.6) is 0 Å². The monoisotopic (exact) mass is 455 g/mol. The Labute approximate surface area is 196 Å². The van der Waals surface area contributed by atoms with Crippen molar-refractivity contribution in [3.8, 4) is 0 Å². The van der Waals surface area contributed by atoms with Gasteiger partial charge in [0.25, 0.3) is 0 Å². The van der Waals surface area contributed by atoms with Gasteiger partial charge in [-0.2, -0.15) is 0 Å². The number of benzene rings is 1. The first-order valence-corrected chi connectivity index (χ1v) is 11.9. The van der Waals surface area contributed by atoms with E-state index in [1.165, 1.54) is 5.56 Å². The van der Waals surface area contributed by atoms with Crippen LogP contribution in [0, 0.1) is 0 Å². The van der Waals surface area contributed by atoms with Gasteiger partial charge in [0.2, 0.25) is 0 Å². The fourth-order valence-electron chi connectivity index (χ4n) is 4.70. The smallest absolute Gasteiger partial charge is 0.138 e. The van der Waals surface area contributed by atoms with E-state index in [9.17, 15) is 0 Å². The van der Waals surface area contributed by atoms with Crippen molar-refractivity contribution in [1.82, 2.24) is 20.2 Å². The SMILES string of the molecule is C=C(C(CNC(C)C)c1ccc(Cl)cc1)N1CCN(c2ncnc3c2C(C)OC3)[C@@H](C)C1. The van der Waals surface area contributed by atoms with Crippen LogP contribution in [0.4, 0.5) is 5.82 Å². The van der Waals surface area contributed by atoms with E-state index in [1.54, 1.807) is 6.33 Å². The zero-order valence-corrected chi connectivity index (χ0v) is 20.3. The lowest BCUT2D eigenvalue weighted by atomic mass is 9.94. The van der Waals surface area contributed by atoms with Gasteiger partial charge >= 0.3 is 0 Å². The molecule has 7 heteroatoms. The van der Waals surface area contributed by atoms with Crippen LogP contribution in [0.3, 0.4) is 0 Å². The third-order valence-corrected chi connectivity index (χ3v) is 6.78. The maximum absolute atomic E-state index is 6.14. The van der Waals surface area contributed by atoms with Crippen LogP contribution in [0.1, 0.15) is 56.5 Å². The van der Waals surface area contributed by atoms with Crippen molar-refractivity contribution in [3.05, 3.63) is 64.7 Å². The van der Waals surface area contributed by atoms with E-state index in [-0.39, 0.29) is 12.0 Å². The highest BCUT2D eigenvalue weighted by atomic mass is 35.5. The molecule has 0 saturated carbocycles. The lowest BCUT2D eigenvalue weighted by Gasteiger charge is -2.44. The van der Waals surface area contributed by atoms with Crippen LogP contribution in [0.15, 0.2) is 42.9 Å². The molecule has 0 bridgehead atoms. The maximum atomic E-state index is 6.14. The molecule has 2 unspecified atom stereocenters. The van der Waals surface area contributed by atoms with E-state index in [1.807, 2.05) is 12.1 Å². The maximum Gasteiger partial charge on any atom is 0.138 e. The van der Waals surface area contributed by atoms with Gasteiger partial charge in [0.05, 0.1) is 18.4 Å². The highest BCUT2D eigenvalue weighted by Gasteiger charge is 2.33. The molecule has 32 heavy (non-hydrogen) atoms. The van der Waals surface area contributed by atoms with E-state index >= 15 is 0 Å². The van der Waals surface area contributed by atoms with Crippen LogP contribution < -0.4 is 10.2 Å². The van der Waals surface area contributed by atoms with Crippen LogP contribution in [0.25, 0.3) is 0 Å². The van der Waals surface area contributed by atoms with Crippen molar-refractivity contribution in [2.75, 3.05) is 31.1 Å². The Hall–Kier alpha value is -2.15. The fourth-order valence-corrected chi connectivity index (χ4v) is 4.83. The van der Waals surface area contributed by atoms with E-state index in [0.717, 1.165) is 54.0 Å². The summed E-state index contributed by atoms with van der Waals surface area (Å²) in [5.74, 6) is 1.22. The molecular weight excluding hydrogens is 422 g/mol. The molecular formula is C25H34ClN5O. The van der Waals surface area contributed by atoms with Gasteiger partial charge in [0, 0.05) is 60.5 Å². The third kappa shape index (κ3) is 4.77. The predicted molar refractivity (Wildman–Crippen MR) is 130 cm³/mol. The first-order valence-electron chi connectivity index (χ1n) is 11.5. The second-order valence-electron chi connectivity index (χ2n) is 9.16. The van der Waals surface area contributed by atoms with E-state index in [2.05, 4.69) is 71.5 Å². The molecule has 0 aliphatic carbocycles. The fraction of sp³-hybridized carbons (Fsp3) is 0.520. The zero-order chi connectivity index (χ0) is 22.8. The summed E-state index contributed by atoms with van der Waals surface area (Å²) in [6, 6.07) is 8.88. The summed E-state index contributed by atoms with van der Waals surface area (Å²) in [6.07, 6.45) is 1.71. The Balaban J connectivity index is 1.51. The molecule has 1 N–H and O–H groups in total. The second-order valence-corrected chi connectivity index (χ2v) is 9.59. The van der Waals surface area contributed by atoms with Crippen LogP contribution >= 0.6 is 11.6 Å². The number of halogens is 1. The Bertz CT molecular complexity index is 948. The number of piperazine rings is 1. The Morgan fingerprint density at radius 3 is 2.66 bits per heavy atom. The number of hydrogen-bond acceptors (Lipinski definition) is 6. The van der Waals surface area contributed by atoms with Gasteiger partial charge in [-0.15, -0.1) is 0 Å². The van der Waals surface area contributed by atoms with Gasteiger partial charge in [-0.3, -0.25) is 0 Å². The molecule has 1 aromatic heterocycles. The number of nitrogens with one attached hydrogen (secondary N) is 1. The Morgan fingerprint density at radius 2 is 1.97 bits per heavy atom. The third-order valence-electron chi connectivity index (χ3n) is 6.53. The summed E-state index contributed by atoms with van der Waals surface area (Å²) in [4.78, 5) is 13.9. The number of anilines is 1. The number of ether oxygens (including phenoxy) is 1. The second kappa shape index (κ2) is 9.77. The molecule has 3 atom stereocenters. The number of hydrogen-bond donors (Lipinski definition) is 1. The molecule has 1 aromatic carbocycles. The van der Waals surface area contributed by atoms with Crippen molar-refractivity contribution >= 4 is 17.4 Å². The number of nitrogens with zero attached hydrogens (tertiary/aromatic N) is 4. The average Bonchev–Trinajstić information content (AvgIpc) is 3.16. The van der Waals surface area contributed by atoms with Gasteiger partial charge in [0.1, 0.15) is 12.1 Å². The Kier molecular flexibility index (Phi) is 7.03. The van der Waals surface area contributed by atoms with Crippen molar-refractivity contribution < 1.29 is 4.74 Å². The molecule has 172 valence electrons. The van der Waals surface area contributed by atoms with E-state index < -0.39 is 0 Å². The summed E-state index contributed by atoms with van der Waals surface area (Å²) in [7, 11) is 0. The number of aromatic nitrogens is 2. The summed E-state index contributed by atoms with van der Waals surface area (Å²) < 4.78 is 5.81. The van der Waals surface area contributed by atoms with Crippen LogP contribution in [-0.2, 0) is 11.3 Å². The van der Waals surface area contributed by atoms with Crippen molar-refractivity contribution in [2.24, 2.45) is 0 Å². The molecule has 2 aromatic rings. The molecule has 6 nitrogen and oxygen atoms in total. The van der Waals surface area contributed by atoms with Crippen LogP contribution in [0.2, 0.25) is 5.02 Å². The van der Waals surface area contributed by atoms with Gasteiger partial charge in [-0.25, -0.2) is 9.97 Å². The lowest BCUT2D eigenvalue weighted by Crippen LogP contribution is -2.53. The minimum atomic E-state index is 0.0396. The molecule has 3 heterocycles. The van der Waals surface area contributed by atoms with Crippen molar-refractivity contribution in [3.63, 3.8) is 0 Å². The highest BCUT2D eigenvalue weighted by Crippen LogP contribution is 2.37. The van der Waals surface area contributed by atoms with Gasteiger partial charge in [-0.1, -0.05) is 44.2 Å². The van der Waals surface area contributed by atoms with Gasteiger partial charge in [0.15, 0.2) is 0 Å². The standard InChI is InChI=1S/C25H34ClN5O/c1-16(2)27-12-22(20-6-8-21(26)9-7-20)18(4)30-10-11-31(17(3)13-30)25-24-19(5)32-14-23(24)28-15-29-25/h6-9,15-17,19,22,27H,4,10-14H2,1-3,5H3/t17-,19?,22?/m0/s1. The van der Waals surface area contributed by atoms with Crippen LogP contribution in [-0.4, -0.2) is 53.1 Å². The normalized spacial score (nSPS) is 21.7. The summed E-state index contributed by atoms with van der Waals surface area (Å²) in [6.45, 7) is 17.4. The minimum absolute atomic E-state index is 0.0396. The predicted octanol–water partition coefficient (Wildman–Crippen LogP) is 4.53. The van der Waals surface area contributed by atoms with E-state index in [4.69, 9.17) is 16.3 Å². The van der Waals surface area contributed by atoms with Gasteiger partial charge < -0.3 is 19.9 Å². The Morgan fingerprint density at radius 1 is 1.22 bits per heavy atom. The molecule has 0 spiro atoms.